The van der Waals surface area contributed by atoms with E-state index in [1.807, 2.05) is 0 Å². The Morgan fingerprint density at radius 1 is 1.58 bits per heavy atom. The highest BCUT2D eigenvalue weighted by Gasteiger charge is 2.11. The highest BCUT2D eigenvalue weighted by molar-refractivity contribution is 7.51. The standard InChI is InChI=1S/C6H12NO4P/c1-2-6(8)7-4-3-5-12(9,10)11/h2H,1,3-5H2,(H,7,8)(H2,9,10,11). The van der Waals surface area contributed by atoms with Gasteiger partial charge in [-0.15, -0.1) is 0 Å². The number of hydrogen-bond acceptors (Lipinski definition) is 2. The Morgan fingerprint density at radius 3 is 2.58 bits per heavy atom. The molecule has 0 unspecified atom stereocenters. The van der Waals surface area contributed by atoms with Gasteiger partial charge in [0.05, 0.1) is 6.16 Å². The van der Waals surface area contributed by atoms with Crippen molar-refractivity contribution in [3.8, 4) is 0 Å². The Bertz CT molecular complexity index is 210. The van der Waals surface area contributed by atoms with Crippen molar-refractivity contribution in [2.24, 2.45) is 0 Å². The average molecular weight is 193 g/mol. The minimum Gasteiger partial charge on any atom is -0.353 e. The first kappa shape index (κ1) is 11.4. The van der Waals surface area contributed by atoms with Gasteiger partial charge in [-0.2, -0.15) is 0 Å². The zero-order valence-electron chi connectivity index (χ0n) is 6.56. The second kappa shape index (κ2) is 5.09. The third kappa shape index (κ3) is 7.47. The van der Waals surface area contributed by atoms with E-state index in [1.165, 1.54) is 0 Å². The summed E-state index contributed by atoms with van der Waals surface area (Å²) in [5.74, 6) is -0.333. The van der Waals surface area contributed by atoms with Gasteiger partial charge in [0.1, 0.15) is 0 Å². The molecule has 0 atom stereocenters. The average Bonchev–Trinajstić information content (AvgIpc) is 1.96. The van der Waals surface area contributed by atoms with Crippen LogP contribution in [0.25, 0.3) is 0 Å². The summed E-state index contributed by atoms with van der Waals surface area (Å²) >= 11 is 0. The van der Waals surface area contributed by atoms with Crippen molar-refractivity contribution in [3.63, 3.8) is 0 Å². The lowest BCUT2D eigenvalue weighted by Crippen LogP contribution is -2.22. The van der Waals surface area contributed by atoms with Crippen molar-refractivity contribution >= 4 is 13.5 Å². The number of carbonyl (C=O) groups excluding carboxylic acids is 1. The van der Waals surface area contributed by atoms with Crippen LogP contribution in [-0.2, 0) is 9.36 Å². The maximum Gasteiger partial charge on any atom is 0.325 e. The van der Waals surface area contributed by atoms with Crippen LogP contribution in [0.2, 0.25) is 0 Å². The van der Waals surface area contributed by atoms with Crippen molar-refractivity contribution < 1.29 is 19.1 Å². The highest BCUT2D eigenvalue weighted by atomic mass is 31.2. The molecule has 0 saturated carbocycles. The predicted molar refractivity (Wildman–Crippen MR) is 44.7 cm³/mol. The topological polar surface area (TPSA) is 86.6 Å². The predicted octanol–water partition coefficient (Wildman–Crippen LogP) is -0.144. The maximum atomic E-state index is 10.5. The summed E-state index contributed by atoms with van der Waals surface area (Å²) in [4.78, 5) is 27.3. The minimum absolute atomic E-state index is 0.204. The van der Waals surface area contributed by atoms with Gasteiger partial charge in [-0.3, -0.25) is 9.36 Å². The monoisotopic (exact) mass is 193 g/mol. The molecule has 70 valence electrons. The molecule has 12 heavy (non-hydrogen) atoms. The maximum absolute atomic E-state index is 10.5. The lowest BCUT2D eigenvalue weighted by molar-refractivity contribution is -0.116. The minimum atomic E-state index is -3.91. The quantitative estimate of drug-likeness (QED) is 0.322. The fourth-order valence-corrected chi connectivity index (χ4v) is 1.14. The van der Waals surface area contributed by atoms with Gasteiger partial charge in [0.2, 0.25) is 5.91 Å². The van der Waals surface area contributed by atoms with E-state index in [0.717, 1.165) is 6.08 Å². The van der Waals surface area contributed by atoms with Crippen LogP contribution in [0.15, 0.2) is 12.7 Å². The first-order valence-electron chi connectivity index (χ1n) is 3.40. The van der Waals surface area contributed by atoms with Crippen LogP contribution < -0.4 is 5.32 Å². The molecule has 0 radical (unpaired) electrons. The molecule has 0 bridgehead atoms. The lowest BCUT2D eigenvalue weighted by atomic mass is 10.4. The van der Waals surface area contributed by atoms with Crippen LogP contribution in [0, 0.1) is 0 Å². The normalized spacial score (nSPS) is 10.8. The Morgan fingerprint density at radius 2 is 2.17 bits per heavy atom. The Labute approximate surface area is 70.6 Å². The number of amides is 1. The van der Waals surface area contributed by atoms with Crippen LogP contribution in [0.1, 0.15) is 6.42 Å². The zero-order valence-corrected chi connectivity index (χ0v) is 7.46. The number of hydrogen-bond donors (Lipinski definition) is 3. The molecule has 0 aliphatic rings. The largest absolute Gasteiger partial charge is 0.353 e. The summed E-state index contributed by atoms with van der Waals surface area (Å²) in [6, 6.07) is 0. The van der Waals surface area contributed by atoms with E-state index >= 15 is 0 Å². The molecule has 0 fully saturated rings. The number of nitrogens with one attached hydrogen (secondary N) is 1. The molecule has 3 N–H and O–H groups in total. The molecule has 0 aromatic heterocycles. The zero-order chi connectivity index (χ0) is 9.61. The third-order valence-corrected chi connectivity index (χ3v) is 2.01. The van der Waals surface area contributed by atoms with E-state index in [2.05, 4.69) is 11.9 Å². The van der Waals surface area contributed by atoms with E-state index in [-0.39, 0.29) is 25.0 Å². The third-order valence-electron chi connectivity index (χ3n) is 1.11. The number of carbonyl (C=O) groups is 1. The fraction of sp³-hybridized carbons (Fsp3) is 0.500. The van der Waals surface area contributed by atoms with Crippen LogP contribution in [0.5, 0.6) is 0 Å². The summed E-state index contributed by atoms with van der Waals surface area (Å²) in [6.07, 6.45) is 1.17. The molecule has 0 aromatic carbocycles. The first-order chi connectivity index (χ1) is 5.45. The van der Waals surface area contributed by atoms with Crippen molar-refractivity contribution in [1.29, 1.82) is 0 Å². The lowest BCUT2D eigenvalue weighted by Gasteiger charge is -2.03. The summed E-state index contributed by atoms with van der Waals surface area (Å²) in [5.41, 5.74) is 0. The Balaban J connectivity index is 3.40. The van der Waals surface area contributed by atoms with E-state index in [0.29, 0.717) is 0 Å². The molecule has 0 aliphatic carbocycles. The molecule has 0 saturated heterocycles. The number of rotatable bonds is 5. The van der Waals surface area contributed by atoms with Gasteiger partial charge in [0.25, 0.3) is 0 Å². The molecule has 6 heteroatoms. The summed E-state index contributed by atoms with van der Waals surface area (Å²) in [6.45, 7) is 3.48. The van der Waals surface area contributed by atoms with Crippen LogP contribution in [0.4, 0.5) is 0 Å². The van der Waals surface area contributed by atoms with E-state index < -0.39 is 7.60 Å². The van der Waals surface area contributed by atoms with Crippen LogP contribution in [-0.4, -0.2) is 28.4 Å². The van der Waals surface area contributed by atoms with Gasteiger partial charge in [0.15, 0.2) is 0 Å². The summed E-state index contributed by atoms with van der Waals surface area (Å²) in [7, 11) is -3.91. The second-order valence-corrected chi connectivity index (χ2v) is 4.01. The molecular formula is C6H12NO4P. The van der Waals surface area contributed by atoms with Crippen LogP contribution in [0.3, 0.4) is 0 Å². The van der Waals surface area contributed by atoms with Crippen molar-refractivity contribution in [3.05, 3.63) is 12.7 Å². The van der Waals surface area contributed by atoms with E-state index in [4.69, 9.17) is 9.79 Å². The summed E-state index contributed by atoms with van der Waals surface area (Å²) < 4.78 is 10.3. The molecule has 0 heterocycles. The molecule has 0 rings (SSSR count). The van der Waals surface area contributed by atoms with Gasteiger partial charge in [-0.1, -0.05) is 6.58 Å². The van der Waals surface area contributed by atoms with Gasteiger partial charge in [0, 0.05) is 6.54 Å². The van der Waals surface area contributed by atoms with Crippen molar-refractivity contribution in [2.75, 3.05) is 12.7 Å². The van der Waals surface area contributed by atoms with Crippen molar-refractivity contribution in [1.82, 2.24) is 5.32 Å². The molecular weight excluding hydrogens is 181 g/mol. The highest BCUT2D eigenvalue weighted by Crippen LogP contribution is 2.34. The molecule has 0 aliphatic heterocycles. The van der Waals surface area contributed by atoms with E-state index in [1.54, 1.807) is 0 Å². The first-order valence-corrected chi connectivity index (χ1v) is 5.20. The van der Waals surface area contributed by atoms with Crippen molar-refractivity contribution in [2.45, 2.75) is 6.42 Å². The van der Waals surface area contributed by atoms with Gasteiger partial charge >= 0.3 is 7.60 Å². The van der Waals surface area contributed by atoms with Crippen LogP contribution >= 0.6 is 7.60 Å². The second-order valence-electron chi connectivity index (χ2n) is 2.24. The molecule has 5 nitrogen and oxygen atoms in total. The van der Waals surface area contributed by atoms with Gasteiger partial charge in [-0.05, 0) is 12.5 Å². The fourth-order valence-electron chi connectivity index (χ4n) is 0.569. The smallest absolute Gasteiger partial charge is 0.325 e. The van der Waals surface area contributed by atoms with E-state index in [9.17, 15) is 9.36 Å². The molecule has 1 amide bonds. The Hall–Kier alpha value is -0.640. The summed E-state index contributed by atoms with van der Waals surface area (Å²) in [5, 5.41) is 2.40. The van der Waals surface area contributed by atoms with Gasteiger partial charge < -0.3 is 15.1 Å². The van der Waals surface area contributed by atoms with Gasteiger partial charge in [-0.25, -0.2) is 0 Å². The molecule has 0 aromatic rings. The Kier molecular flexibility index (Phi) is 4.81. The molecule has 0 spiro atoms. The SMILES string of the molecule is C=CC(=O)NCCCP(=O)(O)O.